The second-order valence-electron chi connectivity index (χ2n) is 8.05. The number of thioether (sulfide) groups is 1. The first kappa shape index (κ1) is 22.8. The van der Waals surface area contributed by atoms with Gasteiger partial charge >= 0.3 is 0 Å². The molecule has 0 radical (unpaired) electrons. The number of rotatable bonds is 5. The van der Waals surface area contributed by atoms with Gasteiger partial charge in [0.2, 0.25) is 5.91 Å². The van der Waals surface area contributed by atoms with Gasteiger partial charge < -0.3 is 19.7 Å². The van der Waals surface area contributed by atoms with Crippen molar-refractivity contribution >= 4 is 35.2 Å². The molecule has 170 valence electrons. The Kier molecular flexibility index (Phi) is 7.16. The van der Waals surface area contributed by atoms with Crippen LogP contribution in [0.25, 0.3) is 0 Å². The summed E-state index contributed by atoms with van der Waals surface area (Å²) in [5.41, 5.74) is 1.62. The maximum Gasteiger partial charge on any atom is 0.254 e. The highest BCUT2D eigenvalue weighted by Gasteiger charge is 2.31. The molecule has 2 aliphatic heterocycles. The van der Waals surface area contributed by atoms with Crippen LogP contribution in [0.15, 0.2) is 41.3 Å². The molecule has 0 bridgehead atoms. The molecular weight excluding hydrogens is 448 g/mol. The van der Waals surface area contributed by atoms with Crippen molar-refractivity contribution in [2.24, 2.45) is 5.92 Å². The summed E-state index contributed by atoms with van der Waals surface area (Å²) in [6.45, 7) is 1.08. The molecule has 1 fully saturated rings. The zero-order chi connectivity index (χ0) is 22.7. The van der Waals surface area contributed by atoms with E-state index in [-0.39, 0.29) is 23.8 Å². The van der Waals surface area contributed by atoms with Crippen LogP contribution in [0.1, 0.15) is 41.2 Å². The van der Waals surface area contributed by atoms with E-state index < -0.39 is 0 Å². The van der Waals surface area contributed by atoms with Crippen molar-refractivity contribution < 1.29 is 19.1 Å². The average molecular weight is 475 g/mol. The van der Waals surface area contributed by atoms with Gasteiger partial charge in [-0.05, 0) is 55.2 Å². The summed E-state index contributed by atoms with van der Waals surface area (Å²) < 4.78 is 10.5. The third-order valence-corrected chi connectivity index (χ3v) is 7.44. The maximum absolute atomic E-state index is 13.0. The lowest BCUT2D eigenvalue weighted by molar-refractivity contribution is -0.127. The molecule has 6 nitrogen and oxygen atoms in total. The SMILES string of the molecule is COc1cc(OC)cc(C(=O)N2CCC(C(=O)NC3CCSc4ccc(Cl)cc43)CC2)c1. The summed E-state index contributed by atoms with van der Waals surface area (Å²) in [4.78, 5) is 29.0. The van der Waals surface area contributed by atoms with Crippen LogP contribution in [0.2, 0.25) is 5.02 Å². The Bertz CT molecular complexity index is 985. The molecule has 1 atom stereocenters. The van der Waals surface area contributed by atoms with Crippen LogP contribution in [0.5, 0.6) is 11.5 Å². The summed E-state index contributed by atoms with van der Waals surface area (Å²) >= 11 is 7.98. The highest BCUT2D eigenvalue weighted by molar-refractivity contribution is 7.99. The molecule has 32 heavy (non-hydrogen) atoms. The number of methoxy groups -OCH3 is 2. The number of fused-ring (bicyclic) bond motifs is 1. The summed E-state index contributed by atoms with van der Waals surface area (Å²) in [5.74, 6) is 2.00. The Morgan fingerprint density at radius 1 is 1.03 bits per heavy atom. The fourth-order valence-corrected chi connectivity index (χ4v) is 5.55. The lowest BCUT2D eigenvalue weighted by Gasteiger charge is -2.33. The number of nitrogens with zero attached hydrogens (tertiary/aromatic N) is 1. The highest BCUT2D eigenvalue weighted by atomic mass is 35.5. The molecule has 4 rings (SSSR count). The van der Waals surface area contributed by atoms with Crippen LogP contribution in [0.3, 0.4) is 0 Å². The number of carbonyl (C=O) groups excluding carboxylic acids is 2. The number of carbonyl (C=O) groups is 2. The third kappa shape index (κ3) is 4.99. The van der Waals surface area contributed by atoms with E-state index in [0.29, 0.717) is 48.0 Å². The Morgan fingerprint density at radius 3 is 2.38 bits per heavy atom. The molecule has 0 saturated carbocycles. The number of amides is 2. The number of nitrogens with one attached hydrogen (secondary N) is 1. The smallest absolute Gasteiger partial charge is 0.254 e. The maximum atomic E-state index is 13.0. The standard InChI is InChI=1S/C24H27ClN2O4S/c1-30-18-11-16(12-19(14-18)31-2)24(29)27-8-5-15(6-9-27)23(28)26-21-7-10-32-22-4-3-17(25)13-20(21)22/h3-4,11-15,21H,5-10H2,1-2H3,(H,26,28). The lowest BCUT2D eigenvalue weighted by atomic mass is 9.94. The Balaban J connectivity index is 1.37. The van der Waals surface area contributed by atoms with Crippen LogP contribution in [0, 0.1) is 5.92 Å². The van der Waals surface area contributed by atoms with E-state index in [4.69, 9.17) is 21.1 Å². The quantitative estimate of drug-likeness (QED) is 0.687. The van der Waals surface area contributed by atoms with Crippen molar-refractivity contribution in [2.75, 3.05) is 33.1 Å². The number of ether oxygens (including phenoxy) is 2. The number of halogens is 1. The molecule has 1 N–H and O–H groups in total. The van der Waals surface area contributed by atoms with Gasteiger partial charge in [-0.1, -0.05) is 11.6 Å². The van der Waals surface area contributed by atoms with Gasteiger partial charge in [0.05, 0.1) is 20.3 Å². The molecule has 0 spiro atoms. The molecule has 1 saturated heterocycles. The lowest BCUT2D eigenvalue weighted by Crippen LogP contribution is -2.44. The van der Waals surface area contributed by atoms with Crippen LogP contribution in [-0.4, -0.2) is 49.8 Å². The summed E-state index contributed by atoms with van der Waals surface area (Å²) in [6, 6.07) is 11.0. The van der Waals surface area contributed by atoms with Gasteiger partial charge in [-0.3, -0.25) is 9.59 Å². The number of benzene rings is 2. The monoisotopic (exact) mass is 474 g/mol. The van der Waals surface area contributed by atoms with Crippen molar-refractivity contribution in [3.8, 4) is 11.5 Å². The Labute approximate surface area is 197 Å². The van der Waals surface area contributed by atoms with E-state index >= 15 is 0 Å². The predicted octanol–water partition coefficient (Wildman–Crippen LogP) is 4.56. The number of likely N-dealkylation sites (tertiary alicyclic amines) is 1. The first-order chi connectivity index (χ1) is 15.5. The minimum absolute atomic E-state index is 0.0126. The van der Waals surface area contributed by atoms with Crippen LogP contribution >= 0.6 is 23.4 Å². The zero-order valence-corrected chi connectivity index (χ0v) is 19.8. The number of hydrogen-bond donors (Lipinski definition) is 1. The molecule has 1 unspecified atom stereocenters. The minimum Gasteiger partial charge on any atom is -0.497 e. The molecule has 2 aromatic carbocycles. The number of hydrogen-bond acceptors (Lipinski definition) is 5. The molecule has 2 aromatic rings. The van der Waals surface area contributed by atoms with Crippen LogP contribution < -0.4 is 14.8 Å². The Morgan fingerprint density at radius 2 is 1.72 bits per heavy atom. The third-order valence-electron chi connectivity index (χ3n) is 6.08. The van der Waals surface area contributed by atoms with Crippen LogP contribution in [0.4, 0.5) is 0 Å². The van der Waals surface area contributed by atoms with E-state index in [2.05, 4.69) is 5.32 Å². The van der Waals surface area contributed by atoms with Gasteiger partial charge in [0.15, 0.2) is 0 Å². The van der Waals surface area contributed by atoms with Gasteiger partial charge in [-0.2, -0.15) is 0 Å². The average Bonchev–Trinajstić information content (AvgIpc) is 2.83. The highest BCUT2D eigenvalue weighted by Crippen LogP contribution is 2.38. The zero-order valence-electron chi connectivity index (χ0n) is 18.2. The van der Waals surface area contributed by atoms with E-state index in [9.17, 15) is 9.59 Å². The normalized spacial score (nSPS) is 18.6. The van der Waals surface area contributed by atoms with Gasteiger partial charge in [-0.25, -0.2) is 0 Å². The molecule has 2 heterocycles. The van der Waals surface area contributed by atoms with Crippen molar-refractivity contribution in [3.63, 3.8) is 0 Å². The van der Waals surface area contributed by atoms with Gasteiger partial charge in [0, 0.05) is 46.3 Å². The molecule has 0 aromatic heterocycles. The van der Waals surface area contributed by atoms with E-state index in [1.165, 1.54) is 4.90 Å². The fraction of sp³-hybridized carbons (Fsp3) is 0.417. The second kappa shape index (κ2) is 10.0. The summed E-state index contributed by atoms with van der Waals surface area (Å²) in [5, 5.41) is 3.92. The molecule has 8 heteroatoms. The number of piperidine rings is 1. The van der Waals surface area contributed by atoms with Gasteiger partial charge in [-0.15, -0.1) is 11.8 Å². The second-order valence-corrected chi connectivity index (χ2v) is 9.62. The van der Waals surface area contributed by atoms with Crippen LogP contribution in [-0.2, 0) is 4.79 Å². The largest absolute Gasteiger partial charge is 0.497 e. The predicted molar refractivity (Wildman–Crippen MR) is 126 cm³/mol. The van der Waals surface area contributed by atoms with E-state index in [0.717, 1.165) is 17.7 Å². The Hall–Kier alpha value is -2.38. The van der Waals surface area contributed by atoms with Crippen molar-refractivity contribution in [3.05, 3.63) is 52.5 Å². The summed E-state index contributed by atoms with van der Waals surface area (Å²) in [7, 11) is 3.12. The summed E-state index contributed by atoms with van der Waals surface area (Å²) in [6.07, 6.45) is 2.17. The molecule has 0 aliphatic carbocycles. The first-order valence-electron chi connectivity index (χ1n) is 10.7. The van der Waals surface area contributed by atoms with Crippen molar-refractivity contribution in [1.29, 1.82) is 0 Å². The topological polar surface area (TPSA) is 67.9 Å². The van der Waals surface area contributed by atoms with Crippen molar-refractivity contribution in [1.82, 2.24) is 10.2 Å². The van der Waals surface area contributed by atoms with Crippen molar-refractivity contribution in [2.45, 2.75) is 30.2 Å². The first-order valence-corrected chi connectivity index (χ1v) is 12.1. The van der Waals surface area contributed by atoms with E-state index in [1.54, 1.807) is 49.1 Å². The van der Waals surface area contributed by atoms with Gasteiger partial charge in [0.1, 0.15) is 11.5 Å². The minimum atomic E-state index is -0.101. The van der Waals surface area contributed by atoms with Gasteiger partial charge in [0.25, 0.3) is 5.91 Å². The molecular formula is C24H27ClN2O4S. The van der Waals surface area contributed by atoms with E-state index in [1.807, 2.05) is 18.2 Å². The fourth-order valence-electron chi connectivity index (χ4n) is 4.26. The molecule has 2 aliphatic rings. The molecule has 2 amide bonds.